The van der Waals surface area contributed by atoms with Crippen LogP contribution >= 0.6 is 0 Å². The van der Waals surface area contributed by atoms with Gasteiger partial charge in [0.25, 0.3) is 5.56 Å². The van der Waals surface area contributed by atoms with Crippen molar-refractivity contribution in [2.24, 2.45) is 10.9 Å². The molecule has 0 saturated carbocycles. The quantitative estimate of drug-likeness (QED) is 0.732. The molecule has 0 unspecified atom stereocenters. The zero-order valence-corrected chi connectivity index (χ0v) is 17.8. The van der Waals surface area contributed by atoms with E-state index in [1.165, 1.54) is 6.07 Å². The molecule has 2 N–H and O–H groups in total. The van der Waals surface area contributed by atoms with Crippen LogP contribution in [0, 0.1) is 11.7 Å². The number of H-pyrrole nitrogens is 1. The van der Waals surface area contributed by atoms with Crippen molar-refractivity contribution in [1.29, 1.82) is 0 Å². The lowest BCUT2D eigenvalue weighted by molar-refractivity contribution is -0.122. The highest BCUT2D eigenvalue weighted by Crippen LogP contribution is 2.29. The first-order valence-electron chi connectivity index (χ1n) is 11.1. The minimum absolute atomic E-state index is 0.0915. The zero-order valence-electron chi connectivity index (χ0n) is 17.8. The number of hydrogen-bond donors (Lipinski definition) is 2. The van der Waals surface area contributed by atoms with E-state index in [1.54, 1.807) is 6.07 Å². The average Bonchev–Trinajstić information content (AvgIpc) is 3.21. The molecular formula is C23H26FN5O3. The number of hydrogen-bond acceptors (Lipinski definition) is 6. The molecule has 2 aromatic rings. The van der Waals surface area contributed by atoms with Crippen LogP contribution in [0.4, 0.5) is 4.39 Å². The lowest BCUT2D eigenvalue weighted by Gasteiger charge is -2.31. The molecule has 1 aromatic heterocycles. The van der Waals surface area contributed by atoms with Gasteiger partial charge in [0, 0.05) is 23.6 Å². The van der Waals surface area contributed by atoms with Crippen LogP contribution in [0.15, 0.2) is 28.0 Å². The van der Waals surface area contributed by atoms with E-state index in [2.05, 4.69) is 25.2 Å². The first-order valence-corrected chi connectivity index (χ1v) is 11.1. The number of likely N-dealkylation sites (tertiary alicyclic amines) is 1. The van der Waals surface area contributed by atoms with Crippen LogP contribution in [0.3, 0.4) is 0 Å². The Morgan fingerprint density at radius 2 is 2.16 bits per heavy atom. The summed E-state index contributed by atoms with van der Waals surface area (Å²) >= 11 is 0. The summed E-state index contributed by atoms with van der Waals surface area (Å²) in [6.45, 7) is 3.52. The minimum Gasteiger partial charge on any atom is -0.376 e. The first-order chi connectivity index (χ1) is 15.6. The molecule has 32 heavy (non-hydrogen) atoms. The number of aliphatic imine (C=N–C) groups is 1. The largest absolute Gasteiger partial charge is 0.376 e. The second-order valence-corrected chi connectivity index (χ2v) is 8.57. The summed E-state index contributed by atoms with van der Waals surface area (Å²) in [5.41, 5.74) is 4.25. The predicted molar refractivity (Wildman–Crippen MR) is 116 cm³/mol. The van der Waals surface area contributed by atoms with Crippen molar-refractivity contribution < 1.29 is 13.9 Å². The van der Waals surface area contributed by atoms with Gasteiger partial charge in [0.1, 0.15) is 11.6 Å². The van der Waals surface area contributed by atoms with Crippen molar-refractivity contribution in [2.75, 3.05) is 26.2 Å². The molecule has 9 heteroatoms. The van der Waals surface area contributed by atoms with Gasteiger partial charge >= 0.3 is 0 Å². The third kappa shape index (κ3) is 4.35. The number of carbonyl (C=O) groups is 1. The highest BCUT2D eigenvalue weighted by Gasteiger charge is 2.28. The molecule has 0 spiro atoms. The number of fused-ring (bicyclic) bond motifs is 2. The van der Waals surface area contributed by atoms with E-state index in [4.69, 9.17) is 4.74 Å². The number of ether oxygens (including phenoxy) is 1. The number of nitrogens with one attached hydrogen (secondary N) is 2. The molecule has 3 aliphatic heterocycles. The molecule has 4 heterocycles. The standard InChI is InChI=1S/C23H26FN5O3/c24-16-1-2-17-15(9-16)10-26-22(17)14-3-6-29(7-4-14)12-21(30)25-11-20-27-19-5-8-32-13-18(19)23(31)28-20/h1-2,9,14H,3-8,10-13H2,(H,25,30)(H,27,28,31). The van der Waals surface area contributed by atoms with Crippen molar-refractivity contribution in [2.45, 2.75) is 39.0 Å². The van der Waals surface area contributed by atoms with Crippen LogP contribution in [0.2, 0.25) is 0 Å². The Labute approximate surface area is 184 Å². The van der Waals surface area contributed by atoms with Gasteiger partial charge in [-0.1, -0.05) is 0 Å². The highest BCUT2D eigenvalue weighted by molar-refractivity contribution is 6.05. The highest BCUT2D eigenvalue weighted by atomic mass is 19.1. The van der Waals surface area contributed by atoms with Gasteiger partial charge in [0.05, 0.1) is 44.1 Å². The maximum atomic E-state index is 13.4. The fourth-order valence-corrected chi connectivity index (χ4v) is 4.73. The Hall–Kier alpha value is -2.91. The van der Waals surface area contributed by atoms with Crippen LogP contribution in [-0.4, -0.2) is 52.7 Å². The Kier molecular flexibility index (Phi) is 5.84. The lowest BCUT2D eigenvalue weighted by Crippen LogP contribution is -2.42. The molecule has 168 valence electrons. The van der Waals surface area contributed by atoms with Gasteiger partial charge in [-0.2, -0.15) is 0 Å². The summed E-state index contributed by atoms with van der Waals surface area (Å²) < 4.78 is 18.8. The second-order valence-electron chi connectivity index (χ2n) is 8.57. The molecule has 0 atom stereocenters. The van der Waals surface area contributed by atoms with Gasteiger partial charge in [-0.05, 0) is 49.7 Å². The van der Waals surface area contributed by atoms with E-state index >= 15 is 0 Å². The summed E-state index contributed by atoms with van der Waals surface area (Å²) in [6.07, 6.45) is 2.45. The number of rotatable bonds is 5. The summed E-state index contributed by atoms with van der Waals surface area (Å²) in [4.78, 5) is 38.6. The maximum Gasteiger partial charge on any atom is 0.256 e. The molecule has 8 nitrogen and oxygen atoms in total. The zero-order chi connectivity index (χ0) is 22.1. The number of halogens is 1. The van der Waals surface area contributed by atoms with Gasteiger partial charge in [0.2, 0.25) is 5.91 Å². The smallest absolute Gasteiger partial charge is 0.256 e. The fraction of sp³-hybridized carbons (Fsp3) is 0.478. The summed E-state index contributed by atoms with van der Waals surface area (Å²) in [5.74, 6) is 0.503. The SMILES string of the molecule is O=C(CN1CCC(C2=NCc3cc(F)ccc32)CC1)NCc1nc2c(c(=O)[nH]1)COCC2. The third-order valence-electron chi connectivity index (χ3n) is 6.44. The number of benzene rings is 1. The summed E-state index contributed by atoms with van der Waals surface area (Å²) in [5, 5.41) is 2.86. The van der Waals surface area contributed by atoms with E-state index in [-0.39, 0.29) is 30.4 Å². The number of carbonyl (C=O) groups excluding carboxylic acids is 1. The summed E-state index contributed by atoms with van der Waals surface area (Å²) in [6, 6.07) is 4.91. The van der Waals surface area contributed by atoms with Crippen LogP contribution in [0.5, 0.6) is 0 Å². The molecule has 5 rings (SSSR count). The van der Waals surface area contributed by atoms with Gasteiger partial charge in [-0.25, -0.2) is 9.37 Å². The fourth-order valence-electron chi connectivity index (χ4n) is 4.73. The van der Waals surface area contributed by atoms with Gasteiger partial charge in [-0.15, -0.1) is 0 Å². The van der Waals surface area contributed by atoms with Crippen molar-refractivity contribution in [3.63, 3.8) is 0 Å². The molecule has 1 saturated heterocycles. The van der Waals surface area contributed by atoms with Crippen molar-refractivity contribution in [3.8, 4) is 0 Å². The van der Waals surface area contributed by atoms with E-state index < -0.39 is 0 Å². The monoisotopic (exact) mass is 439 g/mol. The number of amides is 1. The van der Waals surface area contributed by atoms with Crippen LogP contribution in [0.25, 0.3) is 0 Å². The molecule has 1 amide bonds. The third-order valence-corrected chi connectivity index (χ3v) is 6.44. The Morgan fingerprint density at radius 1 is 1.31 bits per heavy atom. The maximum absolute atomic E-state index is 13.4. The van der Waals surface area contributed by atoms with Gasteiger partial charge in [-0.3, -0.25) is 19.5 Å². The topological polar surface area (TPSA) is 99.7 Å². The van der Waals surface area contributed by atoms with Crippen LogP contribution in [0.1, 0.15) is 41.1 Å². The minimum atomic E-state index is -0.218. The van der Waals surface area contributed by atoms with Gasteiger partial charge < -0.3 is 15.0 Å². The number of piperidine rings is 1. The van der Waals surface area contributed by atoms with E-state index in [1.807, 2.05) is 6.07 Å². The number of nitrogens with zero attached hydrogens (tertiary/aromatic N) is 3. The molecule has 0 aliphatic carbocycles. The second kappa shape index (κ2) is 8.91. The predicted octanol–water partition coefficient (Wildman–Crippen LogP) is 1.31. The summed E-state index contributed by atoms with van der Waals surface area (Å²) in [7, 11) is 0. The van der Waals surface area contributed by atoms with Crippen LogP contribution in [-0.2, 0) is 35.6 Å². The molecule has 1 aromatic carbocycles. The molecule has 3 aliphatic rings. The van der Waals surface area contributed by atoms with Crippen LogP contribution < -0.4 is 10.9 Å². The Balaban J connectivity index is 1.11. The van der Waals surface area contributed by atoms with E-state index in [9.17, 15) is 14.0 Å². The van der Waals surface area contributed by atoms with Crippen molar-refractivity contribution in [1.82, 2.24) is 20.2 Å². The molecule has 0 bridgehead atoms. The number of aromatic amines is 1. The van der Waals surface area contributed by atoms with Crippen molar-refractivity contribution in [3.05, 3.63) is 62.6 Å². The molecule has 1 fully saturated rings. The van der Waals surface area contributed by atoms with Gasteiger partial charge in [0.15, 0.2) is 0 Å². The first kappa shape index (κ1) is 21.0. The molecular weight excluding hydrogens is 413 g/mol. The van der Waals surface area contributed by atoms with E-state index in [0.29, 0.717) is 43.4 Å². The van der Waals surface area contributed by atoms with E-state index in [0.717, 1.165) is 48.5 Å². The van der Waals surface area contributed by atoms with Crippen molar-refractivity contribution >= 4 is 11.6 Å². The number of aromatic nitrogens is 2. The average molecular weight is 439 g/mol. The lowest BCUT2D eigenvalue weighted by atomic mass is 9.87. The Bertz CT molecular complexity index is 1120. The Morgan fingerprint density at radius 3 is 3.00 bits per heavy atom. The molecule has 0 radical (unpaired) electrons. The normalized spacial score (nSPS) is 18.7.